The zero-order valence-electron chi connectivity index (χ0n) is 20.3. The fourth-order valence-electron chi connectivity index (χ4n) is 4.90. The molecule has 2 fully saturated rings. The summed E-state index contributed by atoms with van der Waals surface area (Å²) in [4.78, 5) is 5.01. The van der Waals surface area contributed by atoms with E-state index >= 15 is 0 Å². The lowest BCUT2D eigenvalue weighted by Crippen LogP contribution is -2.19. The highest BCUT2D eigenvalue weighted by Crippen LogP contribution is 2.35. The van der Waals surface area contributed by atoms with Gasteiger partial charge >= 0.3 is 0 Å². The van der Waals surface area contributed by atoms with Gasteiger partial charge in [-0.25, -0.2) is 9.67 Å². The van der Waals surface area contributed by atoms with Crippen molar-refractivity contribution >= 4 is 0 Å². The third kappa shape index (κ3) is 5.32. The van der Waals surface area contributed by atoms with Crippen LogP contribution >= 0.6 is 0 Å². The fraction of sp³-hybridized carbons (Fsp3) is 0.630. The Morgan fingerprint density at radius 2 is 1.84 bits per heavy atom. The van der Waals surface area contributed by atoms with Crippen LogP contribution in [0.1, 0.15) is 89.4 Å². The van der Waals surface area contributed by atoms with Crippen LogP contribution in [0.25, 0.3) is 5.69 Å². The smallest absolute Gasteiger partial charge is 0.153 e. The molecule has 0 N–H and O–H groups in total. The number of rotatable bonds is 7. The van der Waals surface area contributed by atoms with Crippen molar-refractivity contribution in [3.8, 4) is 5.69 Å². The standard InChI is InChI=1S/C27H39N3O2/c1-19(2)25-23(15-17-32-25)26-28-24(16-18-31-22-9-7-6-8-10-22)29-30(26)21-13-11-20(12-14-21)27(3,4)5/h11-14,22-23,25H,1,6-10,15-18H2,2-5H3/t23-,25-/m0/s1. The molecule has 1 aromatic carbocycles. The largest absolute Gasteiger partial charge is 0.378 e. The van der Waals surface area contributed by atoms with Crippen molar-refractivity contribution in [2.45, 2.75) is 96.2 Å². The maximum absolute atomic E-state index is 6.15. The van der Waals surface area contributed by atoms with E-state index < -0.39 is 0 Å². The van der Waals surface area contributed by atoms with E-state index in [1.807, 2.05) is 11.6 Å². The summed E-state index contributed by atoms with van der Waals surface area (Å²) >= 11 is 0. The monoisotopic (exact) mass is 437 g/mol. The first-order valence-electron chi connectivity index (χ1n) is 12.3. The quantitative estimate of drug-likeness (QED) is 0.506. The highest BCUT2D eigenvalue weighted by Gasteiger charge is 2.34. The van der Waals surface area contributed by atoms with Crippen LogP contribution in [0.15, 0.2) is 36.4 Å². The minimum absolute atomic E-state index is 0.00172. The van der Waals surface area contributed by atoms with Gasteiger partial charge in [-0.2, -0.15) is 5.10 Å². The lowest BCUT2D eigenvalue weighted by Gasteiger charge is -2.21. The van der Waals surface area contributed by atoms with Crippen molar-refractivity contribution in [1.82, 2.24) is 14.8 Å². The summed E-state index contributed by atoms with van der Waals surface area (Å²) in [6.45, 7) is 14.3. The van der Waals surface area contributed by atoms with Gasteiger partial charge in [0.05, 0.1) is 30.4 Å². The molecule has 2 aliphatic rings. The van der Waals surface area contributed by atoms with Gasteiger partial charge in [0.25, 0.3) is 0 Å². The molecule has 2 aromatic rings. The first-order chi connectivity index (χ1) is 15.3. The van der Waals surface area contributed by atoms with Crippen molar-refractivity contribution in [2.24, 2.45) is 0 Å². The molecule has 1 aliphatic heterocycles. The molecule has 0 spiro atoms. The molecule has 1 aromatic heterocycles. The van der Waals surface area contributed by atoms with E-state index in [-0.39, 0.29) is 17.4 Å². The van der Waals surface area contributed by atoms with E-state index in [9.17, 15) is 0 Å². The molecule has 0 bridgehead atoms. The second kappa shape index (κ2) is 9.88. The van der Waals surface area contributed by atoms with Gasteiger partial charge in [0.1, 0.15) is 5.82 Å². The average molecular weight is 438 g/mol. The maximum Gasteiger partial charge on any atom is 0.153 e. The molecule has 5 nitrogen and oxygen atoms in total. The SMILES string of the molecule is C=C(C)[C@@H]1OCC[C@@H]1c1nc(CCOC2CCCCC2)nn1-c1ccc(C(C)(C)C)cc1. The average Bonchev–Trinajstić information content (AvgIpc) is 3.41. The van der Waals surface area contributed by atoms with Crippen LogP contribution in [-0.2, 0) is 21.3 Å². The number of nitrogens with zero attached hydrogens (tertiary/aromatic N) is 3. The Bertz CT molecular complexity index is 904. The summed E-state index contributed by atoms with van der Waals surface area (Å²) in [5, 5.41) is 4.93. The van der Waals surface area contributed by atoms with Crippen LogP contribution in [0, 0.1) is 0 Å². The third-order valence-electron chi connectivity index (χ3n) is 6.79. The summed E-state index contributed by atoms with van der Waals surface area (Å²) in [6, 6.07) is 8.72. The second-order valence-corrected chi connectivity index (χ2v) is 10.5. The predicted molar refractivity (Wildman–Crippen MR) is 129 cm³/mol. The summed E-state index contributed by atoms with van der Waals surface area (Å²) in [6.07, 6.45) is 8.38. The molecule has 5 heteroatoms. The van der Waals surface area contributed by atoms with Crippen LogP contribution in [0.3, 0.4) is 0 Å². The highest BCUT2D eigenvalue weighted by atomic mass is 16.5. The Labute approximate surface area is 193 Å². The molecular weight excluding hydrogens is 398 g/mol. The summed E-state index contributed by atoms with van der Waals surface area (Å²) in [5.74, 6) is 2.00. The molecule has 0 amide bonds. The Hall–Kier alpha value is -1.98. The van der Waals surface area contributed by atoms with Gasteiger partial charge in [-0.05, 0) is 49.3 Å². The van der Waals surface area contributed by atoms with Crippen molar-refractivity contribution in [1.29, 1.82) is 0 Å². The molecule has 1 saturated carbocycles. The summed E-state index contributed by atoms with van der Waals surface area (Å²) < 4.78 is 14.2. The zero-order chi connectivity index (χ0) is 22.7. The number of aromatic nitrogens is 3. The first-order valence-corrected chi connectivity index (χ1v) is 12.3. The van der Waals surface area contributed by atoms with Crippen LogP contribution in [0.5, 0.6) is 0 Å². The van der Waals surface area contributed by atoms with E-state index in [0.29, 0.717) is 12.7 Å². The normalized spacial score (nSPS) is 22.4. The Balaban J connectivity index is 1.57. The van der Waals surface area contributed by atoms with Crippen molar-refractivity contribution in [3.05, 3.63) is 53.6 Å². The topological polar surface area (TPSA) is 49.2 Å². The maximum atomic E-state index is 6.15. The second-order valence-electron chi connectivity index (χ2n) is 10.5. The van der Waals surface area contributed by atoms with Gasteiger partial charge in [-0.1, -0.05) is 64.3 Å². The Morgan fingerprint density at radius 3 is 2.50 bits per heavy atom. The van der Waals surface area contributed by atoms with Crippen LogP contribution in [-0.4, -0.2) is 40.2 Å². The van der Waals surface area contributed by atoms with Gasteiger partial charge in [0.2, 0.25) is 0 Å². The molecular formula is C27H39N3O2. The van der Waals surface area contributed by atoms with E-state index in [1.165, 1.54) is 37.7 Å². The fourth-order valence-corrected chi connectivity index (χ4v) is 4.90. The van der Waals surface area contributed by atoms with Gasteiger partial charge in [-0.15, -0.1) is 0 Å². The van der Waals surface area contributed by atoms with Gasteiger partial charge < -0.3 is 9.47 Å². The lowest BCUT2D eigenvalue weighted by molar-refractivity contribution is 0.0297. The van der Waals surface area contributed by atoms with Gasteiger partial charge in [0.15, 0.2) is 5.82 Å². The summed E-state index contributed by atoms with van der Waals surface area (Å²) in [7, 11) is 0. The molecule has 2 atom stereocenters. The number of hydrogen-bond donors (Lipinski definition) is 0. The summed E-state index contributed by atoms with van der Waals surface area (Å²) in [5.41, 5.74) is 3.53. The molecule has 32 heavy (non-hydrogen) atoms. The molecule has 174 valence electrons. The van der Waals surface area contributed by atoms with Crippen molar-refractivity contribution in [2.75, 3.05) is 13.2 Å². The minimum atomic E-state index is -0.00172. The minimum Gasteiger partial charge on any atom is -0.378 e. The van der Waals surface area contributed by atoms with Crippen LogP contribution < -0.4 is 0 Å². The highest BCUT2D eigenvalue weighted by molar-refractivity contribution is 5.38. The van der Waals surface area contributed by atoms with Crippen LogP contribution in [0.2, 0.25) is 0 Å². The van der Waals surface area contributed by atoms with E-state index in [1.54, 1.807) is 0 Å². The molecule has 1 aliphatic carbocycles. The Kier molecular flexibility index (Phi) is 7.16. The predicted octanol–water partition coefficient (Wildman–Crippen LogP) is 5.91. The first kappa shape index (κ1) is 23.2. The number of ether oxygens (including phenoxy) is 2. The van der Waals surface area contributed by atoms with E-state index in [0.717, 1.165) is 42.4 Å². The molecule has 2 heterocycles. The molecule has 0 unspecified atom stereocenters. The Morgan fingerprint density at radius 1 is 1.12 bits per heavy atom. The zero-order valence-corrected chi connectivity index (χ0v) is 20.3. The molecule has 0 radical (unpaired) electrons. The van der Waals surface area contributed by atoms with E-state index in [4.69, 9.17) is 19.6 Å². The van der Waals surface area contributed by atoms with Crippen molar-refractivity contribution < 1.29 is 9.47 Å². The number of benzene rings is 1. The lowest BCUT2D eigenvalue weighted by atomic mass is 9.87. The number of hydrogen-bond acceptors (Lipinski definition) is 4. The van der Waals surface area contributed by atoms with Gasteiger partial charge in [0, 0.05) is 13.0 Å². The van der Waals surface area contributed by atoms with Gasteiger partial charge in [-0.3, -0.25) is 0 Å². The van der Waals surface area contributed by atoms with E-state index in [2.05, 4.69) is 51.6 Å². The van der Waals surface area contributed by atoms with Crippen LogP contribution in [0.4, 0.5) is 0 Å². The molecule has 1 saturated heterocycles. The van der Waals surface area contributed by atoms with Crippen molar-refractivity contribution in [3.63, 3.8) is 0 Å². The molecule has 4 rings (SSSR count). The third-order valence-corrected chi connectivity index (χ3v) is 6.79.